The van der Waals surface area contributed by atoms with Crippen LogP contribution >= 0.6 is 8.58 Å². The Morgan fingerprint density at radius 2 is 0.533 bits per heavy atom. The van der Waals surface area contributed by atoms with E-state index in [-0.39, 0.29) is 15.0 Å². The standard InChI is InChI=1S/C14H3F11.4C13H2F7.C12H26FP.Al/c1-2-3(4-7(16)11(20)13(22)12(21)8(4)17)5(14(23,24)25)9(18)10(19)6(2)15;4*14-5-2-3-1-4-7(6(3)10(17)9(5)16)11(18)13(20)12(19)8(4)15;1-4-6-12(5-2)8-7-11(3)9-14-10-13;/h1H3;4*1-2H;11-12,14H,4-10H2,1-3H3;/q;;;;;;-1/p+1. The lowest BCUT2D eigenvalue weighted by Gasteiger charge is -2.57. The highest BCUT2D eigenvalue weighted by Crippen LogP contribution is 2.74. The molecule has 10 aromatic rings. The maximum absolute atomic E-state index is 17.7. The minimum atomic E-state index is -8.92. The molecular formula is C78H38AlF40P. The number of halogens is 40. The van der Waals surface area contributed by atoms with Crippen molar-refractivity contribution in [2.45, 2.75) is 85.1 Å². The van der Waals surface area contributed by atoms with Crippen molar-refractivity contribution >= 4 is 21.7 Å². The van der Waals surface area contributed by atoms with E-state index in [0.29, 0.717) is 6.92 Å². The van der Waals surface area contributed by atoms with E-state index in [1.54, 1.807) is 0 Å². The number of hydrogen-bond donors (Lipinski definition) is 0. The van der Waals surface area contributed by atoms with Crippen molar-refractivity contribution in [3.8, 4) is 55.6 Å². The van der Waals surface area contributed by atoms with Gasteiger partial charge in [-0.1, -0.05) is 68.7 Å². The molecule has 0 bridgehead atoms. The van der Waals surface area contributed by atoms with Gasteiger partial charge in [-0.2, -0.15) is 13.2 Å². The van der Waals surface area contributed by atoms with Gasteiger partial charge in [0.1, 0.15) is 5.56 Å². The number of fused-ring (bicyclic) bond motifs is 12. The molecule has 0 saturated carbocycles. The third-order valence-corrected chi connectivity index (χ3v) is 30.9. The first kappa shape index (κ1) is 89.6. The second-order valence-electron chi connectivity index (χ2n) is 28.2. The zero-order valence-electron chi connectivity index (χ0n) is 59.5. The van der Waals surface area contributed by atoms with Gasteiger partial charge in [-0.05, 0) is 77.3 Å². The fraction of sp³-hybridized carbons (Fsp3) is 0.231. The van der Waals surface area contributed by atoms with Crippen molar-refractivity contribution in [1.82, 2.24) is 0 Å². The van der Waals surface area contributed by atoms with Crippen LogP contribution in [0.15, 0.2) is 24.3 Å². The largest absolute Gasteiger partial charge is 0.419 e. The second-order valence-corrected chi connectivity index (χ2v) is 34.6. The van der Waals surface area contributed by atoms with E-state index in [1.165, 1.54) is 32.1 Å². The van der Waals surface area contributed by atoms with Crippen LogP contribution in [0.3, 0.4) is 0 Å². The number of benzene rings is 10. The summed E-state index contributed by atoms with van der Waals surface area (Å²) in [5.74, 6) is -105. The third-order valence-electron chi connectivity index (χ3n) is 22.2. The lowest BCUT2D eigenvalue weighted by atomic mass is 9.92. The van der Waals surface area contributed by atoms with E-state index in [2.05, 4.69) is 20.8 Å². The Balaban J connectivity index is 0.000000278. The molecule has 0 nitrogen and oxygen atoms in total. The summed E-state index contributed by atoms with van der Waals surface area (Å²) >= 11 is -8.92. The van der Waals surface area contributed by atoms with Gasteiger partial charge in [-0.25, -0.2) is 162 Å². The lowest BCUT2D eigenvalue weighted by Crippen LogP contribution is -2.59. The fourth-order valence-electron chi connectivity index (χ4n) is 17.5. The first-order chi connectivity index (χ1) is 56.0. The molecule has 0 amide bonds. The first-order valence-electron chi connectivity index (χ1n) is 34.4. The molecular weight excluding hydrogens is 1750 g/mol. The number of alkyl halides is 4. The fourth-order valence-corrected chi connectivity index (χ4v) is 27.8. The Hall–Kier alpha value is -9.64. The minimum absolute atomic E-state index is 0.0590. The molecule has 0 fully saturated rings. The number of rotatable bonds is 14. The lowest BCUT2D eigenvalue weighted by molar-refractivity contribution is -0.139. The van der Waals surface area contributed by atoms with Crippen molar-refractivity contribution in [3.05, 3.63) is 289 Å². The zero-order valence-corrected chi connectivity index (χ0v) is 61.8. The van der Waals surface area contributed by atoms with Crippen molar-refractivity contribution in [2.75, 3.05) is 12.6 Å². The Kier molecular flexibility index (Phi) is 23.9. The van der Waals surface area contributed by atoms with Gasteiger partial charge in [0, 0.05) is 58.7 Å². The smallest absolute Gasteiger partial charge is 0.207 e. The Morgan fingerprint density at radius 1 is 0.292 bits per heavy atom. The summed E-state index contributed by atoms with van der Waals surface area (Å²) < 4.78 is 604. The van der Waals surface area contributed by atoms with Crippen LogP contribution in [0.5, 0.6) is 0 Å². The van der Waals surface area contributed by atoms with Crippen LogP contribution in [0.4, 0.5) is 176 Å². The molecule has 4 aliphatic rings. The SMILES string of the molecule is CCCC(CC)CCC(C)C[PH2+]CF.Cc1c(F)c(F)c(F)c(C(F)(F)F)c1-c1c(F)c(F)c(F)c(F)c1F.Fc1cc2c(c(F)c1F)-c1c(F)c(F)c(F)c(F)c1[CH]2[Al-]([CH]1c2cc(F)c(F)c(F)c2-c2c(F)c(F)c(F)c(F)c21)([CH]1c2cc(F)c(F)c(F)c2-c2c(F)c(F)c(F)c(F)c21)[CH]1c2cc(F)c(F)c(F)c2-c2c(F)c(F)c(F)c(F)c21. The Morgan fingerprint density at radius 3 is 0.783 bits per heavy atom. The molecule has 4 aliphatic carbocycles. The van der Waals surface area contributed by atoms with Crippen LogP contribution in [0.25, 0.3) is 55.6 Å². The highest BCUT2D eigenvalue weighted by Gasteiger charge is 2.68. The monoisotopic (exact) mass is 1790 g/mol. The highest BCUT2D eigenvalue weighted by atomic mass is 31.1. The molecule has 0 heterocycles. The quantitative estimate of drug-likeness (QED) is 0.0335. The second kappa shape index (κ2) is 32.0. The Labute approximate surface area is 649 Å². The van der Waals surface area contributed by atoms with E-state index in [4.69, 9.17) is 0 Å². The molecule has 638 valence electrons. The molecule has 0 aromatic heterocycles. The molecule has 0 N–H and O–H groups in total. The van der Waals surface area contributed by atoms with Crippen molar-refractivity contribution in [1.29, 1.82) is 0 Å². The minimum Gasteiger partial charge on any atom is -0.207 e. The molecule has 0 radical (unpaired) electrons. The summed E-state index contributed by atoms with van der Waals surface area (Å²) in [5, 5.41) is 0. The van der Waals surface area contributed by atoms with Gasteiger partial charge in [-0.15, -0.1) is 19.1 Å². The van der Waals surface area contributed by atoms with E-state index in [9.17, 15) is 52.7 Å². The van der Waals surface area contributed by atoms with Crippen molar-refractivity contribution in [2.24, 2.45) is 11.8 Å². The van der Waals surface area contributed by atoms with Gasteiger partial charge in [0.25, 0.3) is 0 Å². The predicted molar refractivity (Wildman–Crippen MR) is 348 cm³/mol. The van der Waals surface area contributed by atoms with Crippen LogP contribution in [0, 0.1) is 228 Å². The van der Waals surface area contributed by atoms with Gasteiger partial charge >= 0.3 is 6.18 Å². The maximum atomic E-state index is 17.7. The summed E-state index contributed by atoms with van der Waals surface area (Å²) in [6, 6.07) is -2.38. The van der Waals surface area contributed by atoms with Crippen LogP contribution < -0.4 is 0 Å². The van der Waals surface area contributed by atoms with Crippen molar-refractivity contribution in [3.63, 3.8) is 0 Å². The molecule has 120 heavy (non-hydrogen) atoms. The predicted octanol–water partition coefficient (Wildman–Crippen LogP) is 27.1. The average molecular weight is 1790 g/mol. The molecule has 7 atom stereocenters. The molecule has 0 spiro atoms. The van der Waals surface area contributed by atoms with Gasteiger partial charge in [0.2, 0.25) is 5.82 Å². The van der Waals surface area contributed by atoms with E-state index in [0.717, 1.165) is 18.0 Å². The van der Waals surface area contributed by atoms with Gasteiger partial charge in [-0.3, -0.25) is 0 Å². The highest BCUT2D eigenvalue weighted by molar-refractivity contribution is 7.37. The summed E-state index contributed by atoms with van der Waals surface area (Å²) in [5.41, 5.74) is -45.9. The average Bonchev–Trinajstić information content (AvgIpc) is 1.47. The van der Waals surface area contributed by atoms with Crippen LogP contribution in [-0.2, 0) is 6.18 Å². The molecule has 0 aliphatic heterocycles. The summed E-state index contributed by atoms with van der Waals surface area (Å²) in [6.45, 7) is 7.19. The molecule has 0 saturated heterocycles. The van der Waals surface area contributed by atoms with E-state index >= 15 is 123 Å². The molecule has 14 rings (SSSR count). The topological polar surface area (TPSA) is 0 Å². The maximum Gasteiger partial charge on any atom is 0.419 e. The van der Waals surface area contributed by atoms with Crippen LogP contribution in [0.1, 0.15) is 128 Å². The summed E-state index contributed by atoms with van der Waals surface area (Å²) in [6.07, 6.45) is 1.93. The summed E-state index contributed by atoms with van der Waals surface area (Å²) in [4.78, 5) is 0. The molecule has 10 aromatic carbocycles. The Bertz CT molecular complexity index is 5490. The molecule has 7 unspecified atom stereocenters. The molecule has 42 heteroatoms. The first-order valence-corrected chi connectivity index (χ1v) is 38.7. The normalized spacial score (nSPS) is 16.4. The van der Waals surface area contributed by atoms with Crippen LogP contribution in [0.2, 0.25) is 0 Å². The third kappa shape index (κ3) is 13.0. The zero-order chi connectivity index (χ0) is 89.3. The van der Waals surface area contributed by atoms with E-state index < -0.39 is 383 Å². The van der Waals surface area contributed by atoms with Gasteiger partial charge in [0.05, 0.1) is 11.7 Å². The van der Waals surface area contributed by atoms with Crippen LogP contribution in [-0.4, -0.2) is 25.7 Å². The number of hydrogen-bond acceptors (Lipinski definition) is 0. The van der Waals surface area contributed by atoms with Gasteiger partial charge in [0.15, 0.2) is 223 Å². The summed E-state index contributed by atoms with van der Waals surface area (Å²) in [7, 11) is 0.0892. The van der Waals surface area contributed by atoms with Gasteiger partial charge < -0.3 is 0 Å². The van der Waals surface area contributed by atoms with E-state index in [1.807, 2.05) is 0 Å². The van der Waals surface area contributed by atoms with Crippen molar-refractivity contribution < 1.29 is 176 Å².